The largest absolute Gasteiger partial charge is 0.382 e. The number of nitrogens with one attached hydrogen (secondary N) is 2. The van der Waals surface area contributed by atoms with E-state index in [2.05, 4.69) is 22.5 Å². The maximum Gasteiger partial charge on any atom is 0.221 e. The summed E-state index contributed by atoms with van der Waals surface area (Å²) in [6.07, 6.45) is 1.99. The van der Waals surface area contributed by atoms with E-state index < -0.39 is 0 Å². The fourth-order valence-corrected chi connectivity index (χ4v) is 3.23. The lowest BCUT2D eigenvalue weighted by Crippen LogP contribution is -2.40. The zero-order valence-corrected chi connectivity index (χ0v) is 20.1. The van der Waals surface area contributed by atoms with E-state index in [4.69, 9.17) is 14.5 Å². The van der Waals surface area contributed by atoms with Crippen molar-refractivity contribution < 1.29 is 14.3 Å². The van der Waals surface area contributed by atoms with Crippen LogP contribution in [-0.4, -0.2) is 69.9 Å². The summed E-state index contributed by atoms with van der Waals surface area (Å²) >= 11 is 0. The van der Waals surface area contributed by atoms with Crippen LogP contribution < -0.4 is 10.6 Å². The van der Waals surface area contributed by atoms with Crippen LogP contribution in [0.15, 0.2) is 29.3 Å². The van der Waals surface area contributed by atoms with Crippen molar-refractivity contribution in [2.24, 2.45) is 10.9 Å². The minimum atomic E-state index is -0.0550. The number of likely N-dealkylation sites (tertiary alicyclic amines) is 1. The zero-order chi connectivity index (χ0) is 20.2. The Morgan fingerprint density at radius 2 is 2.03 bits per heavy atom. The van der Waals surface area contributed by atoms with Crippen LogP contribution in [0.2, 0.25) is 0 Å². The van der Waals surface area contributed by atoms with Gasteiger partial charge < -0.3 is 25.0 Å². The first-order valence-corrected chi connectivity index (χ1v) is 10.1. The van der Waals surface area contributed by atoms with Crippen molar-refractivity contribution in [2.75, 3.05) is 58.4 Å². The number of nitrogens with zero attached hydrogens (tertiary/aromatic N) is 2. The molecule has 164 valence electrons. The van der Waals surface area contributed by atoms with Crippen molar-refractivity contribution in [3.63, 3.8) is 0 Å². The molecule has 1 saturated heterocycles. The summed E-state index contributed by atoms with van der Waals surface area (Å²) in [5.41, 5.74) is 2.03. The highest BCUT2D eigenvalue weighted by Crippen LogP contribution is 2.17. The van der Waals surface area contributed by atoms with Gasteiger partial charge in [0.05, 0.1) is 19.8 Å². The first-order chi connectivity index (χ1) is 13.6. The fraction of sp³-hybridized carbons (Fsp3) is 0.619. The van der Waals surface area contributed by atoms with Crippen LogP contribution in [0, 0.1) is 5.92 Å². The number of carbonyl (C=O) groups excluding carboxylic acids is 1. The molecule has 0 spiro atoms. The second kappa shape index (κ2) is 14.6. The van der Waals surface area contributed by atoms with E-state index in [1.807, 2.05) is 24.3 Å². The lowest BCUT2D eigenvalue weighted by molar-refractivity contribution is -0.114. The first kappa shape index (κ1) is 25.6. The Morgan fingerprint density at radius 1 is 1.28 bits per heavy atom. The number of aliphatic imine (C=N–C) groups is 1. The third-order valence-electron chi connectivity index (χ3n) is 4.64. The molecule has 7 nitrogen and oxygen atoms in total. The molecule has 1 aromatic carbocycles. The summed E-state index contributed by atoms with van der Waals surface area (Å²) in [6, 6.07) is 7.94. The quantitative estimate of drug-likeness (QED) is 0.216. The molecule has 29 heavy (non-hydrogen) atoms. The van der Waals surface area contributed by atoms with Crippen molar-refractivity contribution in [1.82, 2.24) is 10.2 Å². The van der Waals surface area contributed by atoms with Gasteiger partial charge in [0.1, 0.15) is 0 Å². The van der Waals surface area contributed by atoms with Crippen LogP contribution in [0.3, 0.4) is 0 Å². The number of rotatable bonds is 10. The van der Waals surface area contributed by atoms with Gasteiger partial charge in [0, 0.05) is 51.8 Å². The van der Waals surface area contributed by atoms with Gasteiger partial charge in [-0.1, -0.05) is 12.1 Å². The predicted octanol–water partition coefficient (Wildman–Crippen LogP) is 2.76. The van der Waals surface area contributed by atoms with Crippen molar-refractivity contribution in [3.05, 3.63) is 29.8 Å². The summed E-state index contributed by atoms with van der Waals surface area (Å²) < 4.78 is 10.7. The second-order valence-corrected chi connectivity index (χ2v) is 7.03. The average Bonchev–Trinajstić information content (AvgIpc) is 3.14. The van der Waals surface area contributed by atoms with Gasteiger partial charge >= 0.3 is 0 Å². The van der Waals surface area contributed by atoms with Gasteiger partial charge in [0.25, 0.3) is 0 Å². The minimum absolute atomic E-state index is 0. The third-order valence-corrected chi connectivity index (χ3v) is 4.64. The van der Waals surface area contributed by atoms with Crippen molar-refractivity contribution in [1.29, 1.82) is 0 Å². The summed E-state index contributed by atoms with van der Waals surface area (Å²) in [5.74, 6) is 1.47. The Kier molecular flexibility index (Phi) is 12.9. The molecule has 0 saturated carbocycles. The molecule has 1 aliphatic rings. The monoisotopic (exact) mass is 518 g/mol. The van der Waals surface area contributed by atoms with E-state index in [-0.39, 0.29) is 29.9 Å². The Balaban J connectivity index is 0.00000420. The van der Waals surface area contributed by atoms with E-state index in [0.29, 0.717) is 19.1 Å². The molecule has 0 aliphatic carbocycles. The van der Waals surface area contributed by atoms with Crippen molar-refractivity contribution >= 4 is 41.5 Å². The van der Waals surface area contributed by atoms with Crippen LogP contribution in [0.1, 0.15) is 25.8 Å². The molecule has 1 heterocycles. The van der Waals surface area contributed by atoms with Gasteiger partial charge in [0.15, 0.2) is 5.96 Å². The van der Waals surface area contributed by atoms with Crippen molar-refractivity contribution in [2.45, 2.75) is 26.7 Å². The topological polar surface area (TPSA) is 75.2 Å². The van der Waals surface area contributed by atoms with Crippen molar-refractivity contribution in [3.8, 4) is 0 Å². The van der Waals surface area contributed by atoms with Crippen LogP contribution in [0.4, 0.5) is 5.69 Å². The van der Waals surface area contributed by atoms with Gasteiger partial charge in [-0.3, -0.25) is 9.79 Å². The molecule has 1 amide bonds. The molecule has 2 N–H and O–H groups in total. The van der Waals surface area contributed by atoms with E-state index in [1.165, 1.54) is 12.5 Å². The molecule has 0 radical (unpaired) electrons. The van der Waals surface area contributed by atoms with Crippen LogP contribution in [0.25, 0.3) is 0 Å². The summed E-state index contributed by atoms with van der Waals surface area (Å²) in [5, 5.41) is 6.19. The zero-order valence-electron chi connectivity index (χ0n) is 17.8. The fourth-order valence-electron chi connectivity index (χ4n) is 3.23. The van der Waals surface area contributed by atoms with E-state index in [1.54, 1.807) is 7.11 Å². The number of ether oxygens (including phenoxy) is 2. The standard InChI is InChI=1S/C21H34N4O3.HI/c1-4-22-21(25-12-10-19(15-25)16-28-14-13-27-3)23-11-9-18-5-7-20(8-6-18)24-17(2)26;/h5-8,19H,4,9-16H2,1-3H3,(H,22,23)(H,24,26);1H. The number of anilines is 1. The molecule has 8 heteroatoms. The highest BCUT2D eigenvalue weighted by Gasteiger charge is 2.24. The Bertz CT molecular complexity index is 625. The number of carbonyl (C=O) groups is 1. The molecule has 1 fully saturated rings. The lowest BCUT2D eigenvalue weighted by Gasteiger charge is -2.21. The Hall–Kier alpha value is -1.39. The highest BCUT2D eigenvalue weighted by molar-refractivity contribution is 14.0. The SMILES string of the molecule is CCNC(=NCCc1ccc(NC(C)=O)cc1)N1CCC(COCCOC)C1.I. The molecule has 0 aromatic heterocycles. The Morgan fingerprint density at radius 3 is 2.69 bits per heavy atom. The number of amides is 1. The predicted molar refractivity (Wildman–Crippen MR) is 128 cm³/mol. The second-order valence-electron chi connectivity index (χ2n) is 7.03. The lowest BCUT2D eigenvalue weighted by atomic mass is 10.1. The number of guanidine groups is 1. The van der Waals surface area contributed by atoms with Crippen LogP contribution in [-0.2, 0) is 20.7 Å². The number of benzene rings is 1. The van der Waals surface area contributed by atoms with E-state index in [0.717, 1.165) is 57.3 Å². The number of hydrogen-bond donors (Lipinski definition) is 2. The number of methoxy groups -OCH3 is 1. The number of halogens is 1. The first-order valence-electron chi connectivity index (χ1n) is 10.1. The van der Waals surface area contributed by atoms with E-state index in [9.17, 15) is 4.79 Å². The molecule has 1 atom stereocenters. The van der Waals surface area contributed by atoms with Gasteiger partial charge in [-0.25, -0.2) is 0 Å². The maximum atomic E-state index is 11.1. The molecular formula is C21H35IN4O3. The number of hydrogen-bond acceptors (Lipinski definition) is 4. The van der Waals surface area contributed by atoms with Gasteiger partial charge in [0.2, 0.25) is 5.91 Å². The molecule has 1 aromatic rings. The normalized spacial score (nSPS) is 16.4. The molecule has 0 bridgehead atoms. The summed E-state index contributed by atoms with van der Waals surface area (Å²) in [7, 11) is 1.69. The van der Waals surface area contributed by atoms with E-state index >= 15 is 0 Å². The molecule has 2 rings (SSSR count). The highest BCUT2D eigenvalue weighted by atomic mass is 127. The maximum absolute atomic E-state index is 11.1. The smallest absolute Gasteiger partial charge is 0.221 e. The summed E-state index contributed by atoms with van der Waals surface area (Å²) in [6.45, 7) is 9.26. The average molecular weight is 518 g/mol. The Labute approximate surface area is 191 Å². The molecule has 1 unspecified atom stereocenters. The molecule has 1 aliphatic heterocycles. The van der Waals surface area contributed by atoms with Gasteiger partial charge in [-0.05, 0) is 37.5 Å². The van der Waals surface area contributed by atoms with Gasteiger partial charge in [-0.15, -0.1) is 24.0 Å². The van der Waals surface area contributed by atoms with Crippen LogP contribution in [0.5, 0.6) is 0 Å². The molecular weight excluding hydrogens is 483 g/mol. The third kappa shape index (κ3) is 9.77. The summed E-state index contributed by atoms with van der Waals surface area (Å²) in [4.78, 5) is 18.2. The van der Waals surface area contributed by atoms with Gasteiger partial charge in [-0.2, -0.15) is 0 Å². The van der Waals surface area contributed by atoms with Crippen LogP contribution >= 0.6 is 24.0 Å². The minimum Gasteiger partial charge on any atom is -0.382 e.